The quantitative estimate of drug-likeness (QED) is 0.398. The Hall–Kier alpha value is -1.39. The molecule has 0 aliphatic heterocycles. The van der Waals surface area contributed by atoms with Gasteiger partial charge in [-0.05, 0) is 69.6 Å². The summed E-state index contributed by atoms with van der Waals surface area (Å²) in [5.74, 6) is 1.41. The van der Waals surface area contributed by atoms with Crippen molar-refractivity contribution in [3.63, 3.8) is 0 Å². The molecule has 2 atom stereocenters. The molecule has 2 saturated carbocycles. The predicted octanol–water partition coefficient (Wildman–Crippen LogP) is 3.33. The van der Waals surface area contributed by atoms with Crippen LogP contribution < -0.4 is 5.32 Å². The number of amides is 1. The van der Waals surface area contributed by atoms with Crippen LogP contribution in [0.25, 0.3) is 0 Å². The third-order valence-electron chi connectivity index (χ3n) is 5.61. The van der Waals surface area contributed by atoms with Crippen LogP contribution in [0, 0.1) is 11.8 Å². The molecule has 6 heteroatoms. The first-order valence-electron chi connectivity index (χ1n) is 9.82. The minimum atomic E-state index is -0.330. The van der Waals surface area contributed by atoms with E-state index < -0.39 is 0 Å². The number of isocyanates is 1. The molecule has 0 aromatic heterocycles. The van der Waals surface area contributed by atoms with Gasteiger partial charge in [0.05, 0.1) is 12.6 Å². The van der Waals surface area contributed by atoms with Crippen LogP contribution in [0.4, 0.5) is 4.79 Å². The molecule has 0 saturated heterocycles. The largest absolute Gasteiger partial charge is 0.450 e. The van der Waals surface area contributed by atoms with E-state index in [1.807, 2.05) is 0 Å². The highest BCUT2D eigenvalue weighted by Gasteiger charge is 2.28. The van der Waals surface area contributed by atoms with Gasteiger partial charge in [-0.1, -0.05) is 12.8 Å². The van der Waals surface area contributed by atoms with Crippen LogP contribution in [0.15, 0.2) is 4.99 Å². The third kappa shape index (κ3) is 7.57. The maximum atomic E-state index is 11.7. The first-order chi connectivity index (χ1) is 12.2. The lowest BCUT2D eigenvalue weighted by Crippen LogP contribution is -2.38. The molecule has 2 fully saturated rings. The van der Waals surface area contributed by atoms with Crippen LogP contribution in [-0.2, 0) is 9.53 Å². The van der Waals surface area contributed by atoms with Crippen molar-refractivity contribution in [2.24, 2.45) is 16.8 Å². The number of hydrogen-bond acceptors (Lipinski definition) is 5. The number of unbranched alkanes of at least 4 members (excludes halogenated alkanes) is 1. The van der Waals surface area contributed by atoms with Gasteiger partial charge in [0, 0.05) is 12.6 Å². The Kier molecular flexibility index (Phi) is 8.98. The molecule has 6 nitrogen and oxygen atoms in total. The van der Waals surface area contributed by atoms with Gasteiger partial charge in [0.25, 0.3) is 0 Å². The zero-order chi connectivity index (χ0) is 17.9. The number of aliphatic imine (C=N–C) groups is 1. The number of carbonyl (C=O) groups is 1. The molecule has 2 rings (SSSR count). The number of ether oxygens (including phenoxy) is 1. The zero-order valence-corrected chi connectivity index (χ0v) is 15.1. The molecule has 0 heterocycles. The van der Waals surface area contributed by atoms with E-state index in [9.17, 15) is 9.59 Å². The molecule has 1 amide bonds. The molecular formula is C19H32N2O4. The number of hydrogen-bond donors (Lipinski definition) is 2. The summed E-state index contributed by atoms with van der Waals surface area (Å²) in [6.45, 7) is 0.506. The van der Waals surface area contributed by atoms with E-state index in [0.29, 0.717) is 25.4 Å². The second kappa shape index (κ2) is 11.3. The highest BCUT2D eigenvalue weighted by Crippen LogP contribution is 2.36. The van der Waals surface area contributed by atoms with E-state index in [4.69, 9.17) is 9.84 Å². The van der Waals surface area contributed by atoms with E-state index in [0.717, 1.165) is 44.4 Å². The summed E-state index contributed by atoms with van der Waals surface area (Å²) in [5, 5.41) is 11.7. The molecule has 0 spiro atoms. The normalized spacial score (nSPS) is 29.5. The van der Waals surface area contributed by atoms with E-state index in [1.165, 1.54) is 19.3 Å². The Bertz CT molecular complexity index is 443. The Morgan fingerprint density at radius 2 is 1.92 bits per heavy atom. The lowest BCUT2D eigenvalue weighted by atomic mass is 9.75. The summed E-state index contributed by atoms with van der Waals surface area (Å²) >= 11 is 0. The van der Waals surface area contributed by atoms with Crippen LogP contribution in [0.5, 0.6) is 0 Å². The number of aliphatic hydroxyl groups is 1. The maximum absolute atomic E-state index is 11.7. The number of alkyl carbamates (subject to hydrolysis) is 1. The van der Waals surface area contributed by atoms with Crippen LogP contribution in [0.2, 0.25) is 0 Å². The van der Waals surface area contributed by atoms with Gasteiger partial charge in [-0.2, -0.15) is 0 Å². The average Bonchev–Trinajstić information content (AvgIpc) is 2.61. The standard InChI is InChI=1S/C19H32N2O4/c22-10-1-2-11-25-19(24)21-17-8-6-15(7-9-17)12-16-4-3-5-18(13-16)20-14-23/h15-18,22H,1-13H2,(H,21,24). The second-order valence-electron chi connectivity index (χ2n) is 7.57. The lowest BCUT2D eigenvalue weighted by Gasteiger charge is -2.33. The number of aliphatic hydroxyl groups excluding tert-OH is 1. The van der Waals surface area contributed by atoms with E-state index in [-0.39, 0.29) is 24.8 Å². The fraction of sp³-hybridized carbons (Fsp3) is 0.895. The first kappa shape index (κ1) is 19.9. The highest BCUT2D eigenvalue weighted by molar-refractivity contribution is 5.67. The average molecular weight is 352 g/mol. The summed E-state index contributed by atoms with van der Waals surface area (Å²) < 4.78 is 5.13. The smallest absolute Gasteiger partial charge is 0.407 e. The predicted molar refractivity (Wildman–Crippen MR) is 95.0 cm³/mol. The van der Waals surface area contributed by atoms with Gasteiger partial charge in [-0.3, -0.25) is 0 Å². The summed E-state index contributed by atoms with van der Waals surface area (Å²) in [6, 6.07) is 0.412. The van der Waals surface area contributed by atoms with E-state index >= 15 is 0 Å². The van der Waals surface area contributed by atoms with Crippen LogP contribution >= 0.6 is 0 Å². The monoisotopic (exact) mass is 352 g/mol. The van der Waals surface area contributed by atoms with Gasteiger partial charge < -0.3 is 15.2 Å². The highest BCUT2D eigenvalue weighted by atomic mass is 16.5. The van der Waals surface area contributed by atoms with Crippen molar-refractivity contribution in [2.45, 2.75) is 82.7 Å². The molecule has 0 radical (unpaired) electrons. The summed E-state index contributed by atoms with van der Waals surface area (Å²) in [5.41, 5.74) is 0. The van der Waals surface area contributed by atoms with E-state index in [2.05, 4.69) is 10.3 Å². The molecule has 0 bridgehead atoms. The van der Waals surface area contributed by atoms with Gasteiger partial charge in [0.15, 0.2) is 0 Å². The molecule has 142 valence electrons. The van der Waals surface area contributed by atoms with Crippen molar-refractivity contribution in [3.05, 3.63) is 0 Å². The lowest BCUT2D eigenvalue weighted by molar-refractivity contribution is 0.131. The van der Waals surface area contributed by atoms with Crippen LogP contribution in [-0.4, -0.2) is 42.6 Å². The Labute approximate surface area is 150 Å². The third-order valence-corrected chi connectivity index (χ3v) is 5.61. The van der Waals surface area contributed by atoms with Crippen LogP contribution in [0.3, 0.4) is 0 Å². The molecular weight excluding hydrogens is 320 g/mol. The Balaban J connectivity index is 1.61. The molecule has 2 N–H and O–H groups in total. The second-order valence-corrected chi connectivity index (χ2v) is 7.57. The number of rotatable bonds is 8. The maximum Gasteiger partial charge on any atom is 0.407 e. The fourth-order valence-corrected chi connectivity index (χ4v) is 4.27. The molecule has 2 unspecified atom stereocenters. The van der Waals surface area contributed by atoms with Crippen LogP contribution in [0.1, 0.15) is 70.6 Å². The molecule has 2 aliphatic carbocycles. The van der Waals surface area contributed by atoms with Gasteiger partial charge in [0.1, 0.15) is 0 Å². The SMILES string of the molecule is O=C=NC1CCCC(CC2CCC(NC(=O)OCCCCO)CC2)C1. The minimum absolute atomic E-state index is 0.137. The first-order valence-corrected chi connectivity index (χ1v) is 9.82. The summed E-state index contributed by atoms with van der Waals surface area (Å²) in [4.78, 5) is 26.1. The van der Waals surface area contributed by atoms with Crippen molar-refractivity contribution in [1.29, 1.82) is 0 Å². The fourth-order valence-electron chi connectivity index (χ4n) is 4.27. The van der Waals surface area contributed by atoms with E-state index in [1.54, 1.807) is 6.08 Å². The molecule has 2 aliphatic rings. The molecule has 25 heavy (non-hydrogen) atoms. The Morgan fingerprint density at radius 3 is 2.64 bits per heavy atom. The van der Waals surface area contributed by atoms with Crippen molar-refractivity contribution in [2.75, 3.05) is 13.2 Å². The van der Waals surface area contributed by atoms with Gasteiger partial charge in [-0.15, -0.1) is 0 Å². The number of nitrogens with one attached hydrogen (secondary N) is 1. The van der Waals surface area contributed by atoms with Gasteiger partial charge in [-0.25, -0.2) is 14.6 Å². The molecule has 0 aromatic rings. The molecule has 0 aromatic carbocycles. The van der Waals surface area contributed by atoms with Crippen molar-refractivity contribution < 1.29 is 19.4 Å². The number of nitrogens with zero attached hydrogens (tertiary/aromatic N) is 1. The Morgan fingerprint density at radius 1 is 1.12 bits per heavy atom. The topological polar surface area (TPSA) is 88.0 Å². The zero-order valence-electron chi connectivity index (χ0n) is 15.1. The number of carbonyl (C=O) groups excluding carboxylic acids is 2. The van der Waals surface area contributed by atoms with Crippen molar-refractivity contribution in [1.82, 2.24) is 5.32 Å². The minimum Gasteiger partial charge on any atom is -0.450 e. The van der Waals surface area contributed by atoms with Crippen molar-refractivity contribution >= 4 is 12.2 Å². The summed E-state index contributed by atoms with van der Waals surface area (Å²) in [7, 11) is 0. The van der Waals surface area contributed by atoms with Gasteiger partial charge >= 0.3 is 6.09 Å². The van der Waals surface area contributed by atoms with Crippen molar-refractivity contribution in [3.8, 4) is 0 Å². The van der Waals surface area contributed by atoms with Gasteiger partial charge in [0.2, 0.25) is 6.08 Å². The summed E-state index contributed by atoms with van der Waals surface area (Å²) in [6.07, 6.45) is 12.8.